The average molecular weight is 300 g/mol. The van der Waals surface area contributed by atoms with Crippen LogP contribution in [0.15, 0.2) is 12.1 Å². The summed E-state index contributed by atoms with van der Waals surface area (Å²) >= 11 is 5.53. The molecule has 1 rings (SSSR count). The van der Waals surface area contributed by atoms with Gasteiger partial charge in [-0.1, -0.05) is 18.5 Å². The molecular weight excluding hydrogens is 290 g/mol. The molecule has 0 unspecified atom stereocenters. The number of aromatic carboxylic acids is 1. The second kappa shape index (κ2) is 5.64. The Morgan fingerprint density at radius 2 is 2.05 bits per heavy atom. The first-order valence-corrected chi connectivity index (χ1v) is 5.60. The molecule has 19 heavy (non-hydrogen) atoms. The summed E-state index contributed by atoms with van der Waals surface area (Å²) in [4.78, 5) is 10.7. The summed E-state index contributed by atoms with van der Waals surface area (Å²) in [5.41, 5.74) is -0.996. The summed E-state index contributed by atoms with van der Waals surface area (Å²) in [6.45, 7) is 1.31. The first-order chi connectivity index (χ1) is 8.66. The van der Waals surface area contributed by atoms with Crippen LogP contribution in [-0.4, -0.2) is 23.3 Å². The summed E-state index contributed by atoms with van der Waals surface area (Å²) in [7, 11) is 0. The van der Waals surface area contributed by atoms with Crippen LogP contribution in [0.25, 0.3) is 0 Å². The van der Waals surface area contributed by atoms with Gasteiger partial charge in [0.05, 0.1) is 5.02 Å². The van der Waals surface area contributed by atoms with E-state index in [1.165, 1.54) is 6.92 Å². The van der Waals surface area contributed by atoms with Crippen LogP contribution in [0.4, 0.5) is 23.2 Å². The molecule has 1 aromatic carbocycles. The van der Waals surface area contributed by atoms with Crippen LogP contribution in [0.2, 0.25) is 5.02 Å². The van der Waals surface area contributed by atoms with E-state index in [0.717, 1.165) is 6.07 Å². The number of hydrogen-bond acceptors (Lipinski definition) is 2. The van der Waals surface area contributed by atoms with Gasteiger partial charge >= 0.3 is 12.1 Å². The molecule has 0 saturated carbocycles. The highest BCUT2D eigenvalue weighted by Gasteiger charge is 2.38. The van der Waals surface area contributed by atoms with Gasteiger partial charge in [0, 0.05) is 5.69 Å². The molecule has 106 valence electrons. The van der Waals surface area contributed by atoms with E-state index in [0.29, 0.717) is 6.07 Å². The number of hydrogen-bond donors (Lipinski definition) is 2. The number of nitrogens with one attached hydrogen (secondary N) is 1. The fourth-order valence-corrected chi connectivity index (χ4v) is 1.77. The zero-order valence-electron chi connectivity index (χ0n) is 9.68. The highest BCUT2D eigenvalue weighted by Crippen LogP contribution is 2.29. The summed E-state index contributed by atoms with van der Waals surface area (Å²) < 4.78 is 51.0. The van der Waals surface area contributed by atoms with Gasteiger partial charge in [-0.3, -0.25) is 0 Å². The van der Waals surface area contributed by atoms with Crippen LogP contribution < -0.4 is 5.32 Å². The Labute approximate surface area is 111 Å². The van der Waals surface area contributed by atoms with Crippen molar-refractivity contribution in [1.29, 1.82) is 0 Å². The largest absolute Gasteiger partial charge is 0.478 e. The van der Waals surface area contributed by atoms with E-state index in [-0.39, 0.29) is 12.1 Å². The molecule has 1 aromatic rings. The van der Waals surface area contributed by atoms with Crippen molar-refractivity contribution >= 4 is 23.3 Å². The van der Waals surface area contributed by atoms with Crippen molar-refractivity contribution in [3.05, 3.63) is 28.5 Å². The maximum Gasteiger partial charge on any atom is 0.408 e. The molecular formula is C11H10ClF4NO2. The van der Waals surface area contributed by atoms with Crippen LogP contribution in [0.1, 0.15) is 23.7 Å². The lowest BCUT2D eigenvalue weighted by molar-refractivity contribution is -0.142. The number of anilines is 1. The second-order valence-electron chi connectivity index (χ2n) is 3.77. The summed E-state index contributed by atoms with van der Waals surface area (Å²) in [6, 6.07) is -0.245. The zero-order chi connectivity index (χ0) is 14.8. The lowest BCUT2D eigenvalue weighted by Crippen LogP contribution is -2.35. The molecule has 0 spiro atoms. The number of alkyl halides is 3. The van der Waals surface area contributed by atoms with Crippen molar-refractivity contribution in [1.82, 2.24) is 0 Å². The molecule has 0 saturated heterocycles. The van der Waals surface area contributed by atoms with Crippen molar-refractivity contribution < 1.29 is 27.5 Å². The Kier molecular flexibility index (Phi) is 4.62. The number of carboxylic acid groups (broad SMARTS) is 1. The number of carbonyl (C=O) groups is 1. The third-order valence-corrected chi connectivity index (χ3v) is 2.70. The lowest BCUT2D eigenvalue weighted by atomic mass is 10.1. The van der Waals surface area contributed by atoms with Crippen molar-refractivity contribution in [3.63, 3.8) is 0 Å². The molecule has 0 radical (unpaired) electrons. The van der Waals surface area contributed by atoms with Crippen LogP contribution in [0.3, 0.4) is 0 Å². The van der Waals surface area contributed by atoms with Crippen LogP contribution >= 0.6 is 11.6 Å². The van der Waals surface area contributed by atoms with Crippen molar-refractivity contribution in [2.45, 2.75) is 25.6 Å². The number of carboxylic acids is 1. The van der Waals surface area contributed by atoms with E-state index in [4.69, 9.17) is 16.7 Å². The molecule has 0 fully saturated rings. The van der Waals surface area contributed by atoms with Gasteiger partial charge in [0.2, 0.25) is 0 Å². The Morgan fingerprint density at radius 1 is 1.47 bits per heavy atom. The van der Waals surface area contributed by atoms with Crippen molar-refractivity contribution in [2.24, 2.45) is 0 Å². The van der Waals surface area contributed by atoms with Gasteiger partial charge < -0.3 is 10.4 Å². The monoisotopic (exact) mass is 299 g/mol. The minimum absolute atomic E-state index is 0.225. The average Bonchev–Trinajstić information content (AvgIpc) is 2.22. The molecule has 1 atom stereocenters. The molecule has 3 nitrogen and oxygen atoms in total. The van der Waals surface area contributed by atoms with Gasteiger partial charge in [-0.15, -0.1) is 0 Å². The zero-order valence-corrected chi connectivity index (χ0v) is 10.4. The van der Waals surface area contributed by atoms with E-state index in [9.17, 15) is 22.4 Å². The van der Waals surface area contributed by atoms with E-state index in [1.54, 1.807) is 0 Å². The molecule has 0 amide bonds. The molecule has 0 aliphatic carbocycles. The normalized spacial score (nSPS) is 13.2. The van der Waals surface area contributed by atoms with Gasteiger partial charge in [0.25, 0.3) is 0 Å². The first-order valence-electron chi connectivity index (χ1n) is 5.22. The number of halogens is 5. The maximum atomic E-state index is 13.4. The molecule has 0 aliphatic rings. The van der Waals surface area contributed by atoms with Crippen LogP contribution in [0, 0.1) is 5.82 Å². The quantitative estimate of drug-likeness (QED) is 0.828. The predicted octanol–water partition coefficient (Wildman–Crippen LogP) is 3.93. The third kappa shape index (κ3) is 3.73. The molecule has 8 heteroatoms. The van der Waals surface area contributed by atoms with Crippen LogP contribution in [0.5, 0.6) is 0 Å². The predicted molar refractivity (Wildman–Crippen MR) is 62.1 cm³/mol. The minimum atomic E-state index is -4.50. The van der Waals surface area contributed by atoms with Gasteiger partial charge in [-0.2, -0.15) is 13.2 Å². The number of benzene rings is 1. The summed E-state index contributed by atoms with van der Waals surface area (Å²) in [5, 5.41) is 10.3. The lowest BCUT2D eigenvalue weighted by Gasteiger charge is -2.21. The fraction of sp³-hybridized carbons (Fsp3) is 0.364. The Bertz CT molecular complexity index is 467. The summed E-state index contributed by atoms with van der Waals surface area (Å²) in [6.07, 6.45) is -4.76. The fourth-order valence-electron chi connectivity index (χ4n) is 1.48. The third-order valence-electron chi connectivity index (χ3n) is 2.40. The maximum absolute atomic E-state index is 13.4. The van der Waals surface area contributed by atoms with Crippen molar-refractivity contribution in [2.75, 3.05) is 5.32 Å². The Morgan fingerprint density at radius 3 is 2.42 bits per heavy atom. The minimum Gasteiger partial charge on any atom is -0.478 e. The molecule has 0 aromatic heterocycles. The summed E-state index contributed by atoms with van der Waals surface area (Å²) in [5.74, 6) is -2.78. The first kappa shape index (κ1) is 15.6. The van der Waals surface area contributed by atoms with Crippen molar-refractivity contribution in [3.8, 4) is 0 Å². The Hall–Kier alpha value is -1.50. The second-order valence-corrected chi connectivity index (χ2v) is 4.17. The smallest absolute Gasteiger partial charge is 0.408 e. The van der Waals surface area contributed by atoms with Gasteiger partial charge in [0.1, 0.15) is 17.4 Å². The SMILES string of the molecule is CC[C@@H](Nc1cc(F)c(C(=O)O)c(Cl)c1)C(F)(F)F. The van der Waals surface area contributed by atoms with Gasteiger partial charge in [-0.25, -0.2) is 9.18 Å². The molecule has 0 heterocycles. The highest BCUT2D eigenvalue weighted by molar-refractivity contribution is 6.33. The highest BCUT2D eigenvalue weighted by atomic mass is 35.5. The number of rotatable bonds is 4. The standard InChI is InChI=1S/C11H10ClF4NO2/c1-2-8(11(14,15)16)17-5-3-6(12)9(10(18)19)7(13)4-5/h3-4,8,17H,2H2,1H3,(H,18,19)/t8-/m1/s1. The molecule has 0 bridgehead atoms. The Balaban J connectivity index is 3.08. The van der Waals surface area contributed by atoms with E-state index >= 15 is 0 Å². The van der Waals surface area contributed by atoms with E-state index in [1.807, 2.05) is 0 Å². The van der Waals surface area contributed by atoms with Crippen LogP contribution in [-0.2, 0) is 0 Å². The van der Waals surface area contributed by atoms with E-state index in [2.05, 4.69) is 5.32 Å². The molecule has 0 aliphatic heterocycles. The van der Waals surface area contributed by atoms with Gasteiger partial charge in [0.15, 0.2) is 0 Å². The van der Waals surface area contributed by atoms with Gasteiger partial charge in [-0.05, 0) is 18.6 Å². The topological polar surface area (TPSA) is 49.3 Å². The van der Waals surface area contributed by atoms with E-state index < -0.39 is 34.6 Å². The molecule has 2 N–H and O–H groups in total.